The third-order valence-corrected chi connectivity index (χ3v) is 4.45. The zero-order valence-corrected chi connectivity index (χ0v) is 15.9. The molecule has 3 rings (SSSR count). The van der Waals surface area contributed by atoms with Gasteiger partial charge in [-0.3, -0.25) is 4.79 Å². The second-order valence-corrected chi connectivity index (χ2v) is 6.95. The maximum absolute atomic E-state index is 13.2. The molecule has 1 saturated heterocycles. The average molecular weight is 370 g/mol. The van der Waals surface area contributed by atoms with Crippen molar-refractivity contribution in [1.29, 1.82) is 0 Å². The van der Waals surface area contributed by atoms with Crippen molar-refractivity contribution in [3.05, 3.63) is 48.0 Å². The lowest BCUT2D eigenvalue weighted by Gasteiger charge is -2.35. The first-order valence-electron chi connectivity index (χ1n) is 9.12. The number of nitrogens with one attached hydrogen (secondary N) is 3. The number of carbonyl (C=O) groups excluding carboxylic acids is 2. The van der Waals surface area contributed by atoms with Gasteiger partial charge in [0.2, 0.25) is 0 Å². The van der Waals surface area contributed by atoms with Crippen LogP contribution in [-0.2, 0) is 7.05 Å². The minimum absolute atomic E-state index is 0.0363. The van der Waals surface area contributed by atoms with Crippen LogP contribution in [0.1, 0.15) is 36.1 Å². The van der Waals surface area contributed by atoms with Gasteiger partial charge in [-0.1, -0.05) is 6.07 Å². The molecule has 1 aromatic carbocycles. The van der Waals surface area contributed by atoms with Crippen molar-refractivity contribution in [2.45, 2.75) is 25.9 Å². The molecule has 0 spiro atoms. The van der Waals surface area contributed by atoms with Crippen molar-refractivity contribution >= 4 is 17.6 Å². The number of nitrogens with zero attached hydrogens (tertiary/aromatic N) is 3. The Morgan fingerprint density at radius 3 is 2.85 bits per heavy atom. The van der Waals surface area contributed by atoms with Crippen LogP contribution in [0.15, 0.2) is 36.7 Å². The van der Waals surface area contributed by atoms with Crippen LogP contribution in [0.4, 0.5) is 10.5 Å². The summed E-state index contributed by atoms with van der Waals surface area (Å²) >= 11 is 0. The molecule has 27 heavy (non-hydrogen) atoms. The lowest BCUT2D eigenvalue weighted by molar-refractivity contribution is 0.0621. The Kier molecular flexibility index (Phi) is 5.75. The maximum Gasteiger partial charge on any atom is 0.319 e. The Balaban J connectivity index is 1.79. The van der Waals surface area contributed by atoms with Crippen LogP contribution < -0.4 is 16.0 Å². The number of aryl methyl sites for hydroxylation is 1. The molecule has 1 unspecified atom stereocenters. The Morgan fingerprint density at radius 2 is 2.15 bits per heavy atom. The fourth-order valence-electron chi connectivity index (χ4n) is 3.20. The molecular weight excluding hydrogens is 344 g/mol. The second kappa shape index (κ2) is 8.22. The van der Waals surface area contributed by atoms with Crippen LogP contribution >= 0.6 is 0 Å². The van der Waals surface area contributed by atoms with E-state index < -0.39 is 0 Å². The summed E-state index contributed by atoms with van der Waals surface area (Å²) in [6.07, 6.45) is 3.62. The highest BCUT2D eigenvalue weighted by atomic mass is 16.2. The van der Waals surface area contributed by atoms with Gasteiger partial charge in [0.05, 0.1) is 0 Å². The topological polar surface area (TPSA) is 91.3 Å². The number of anilines is 1. The van der Waals surface area contributed by atoms with Gasteiger partial charge in [-0.2, -0.15) is 0 Å². The average Bonchev–Trinajstić information content (AvgIpc) is 3.06. The summed E-state index contributed by atoms with van der Waals surface area (Å²) in [7, 11) is 1.93. The van der Waals surface area contributed by atoms with E-state index in [-0.39, 0.29) is 24.0 Å². The van der Waals surface area contributed by atoms with Gasteiger partial charge in [-0.25, -0.2) is 9.78 Å². The number of hydrogen-bond acceptors (Lipinski definition) is 4. The zero-order chi connectivity index (χ0) is 19.4. The summed E-state index contributed by atoms with van der Waals surface area (Å²) in [6.45, 7) is 5.78. The largest absolute Gasteiger partial charge is 0.336 e. The summed E-state index contributed by atoms with van der Waals surface area (Å²) < 4.78 is 1.94. The van der Waals surface area contributed by atoms with Crippen molar-refractivity contribution in [1.82, 2.24) is 25.1 Å². The first kappa shape index (κ1) is 18.9. The number of imidazole rings is 1. The summed E-state index contributed by atoms with van der Waals surface area (Å²) in [4.78, 5) is 31.3. The smallest absolute Gasteiger partial charge is 0.319 e. The third-order valence-electron chi connectivity index (χ3n) is 4.45. The van der Waals surface area contributed by atoms with Crippen molar-refractivity contribution in [3.8, 4) is 0 Å². The highest BCUT2D eigenvalue weighted by molar-refractivity contribution is 5.97. The molecule has 0 aliphatic carbocycles. The normalized spacial score (nSPS) is 17.0. The molecule has 0 saturated carbocycles. The number of rotatable bonds is 4. The number of carbonyl (C=O) groups is 2. The van der Waals surface area contributed by atoms with Crippen LogP contribution in [0, 0.1) is 0 Å². The van der Waals surface area contributed by atoms with E-state index in [1.165, 1.54) is 0 Å². The molecule has 1 aromatic heterocycles. The fourth-order valence-corrected chi connectivity index (χ4v) is 3.20. The molecule has 0 radical (unpaired) electrons. The standard InChI is InChI=1S/C19H26N6O2/c1-13(2)22-19(27)23-15-6-4-5-14(11-15)18(26)25-10-7-20-12-16(25)17-21-8-9-24(17)3/h4-6,8-9,11,13,16,20H,7,10,12H2,1-3H3,(H2,22,23,27). The first-order valence-corrected chi connectivity index (χ1v) is 9.12. The van der Waals surface area contributed by atoms with Gasteiger partial charge in [0.15, 0.2) is 0 Å². The fraction of sp³-hybridized carbons (Fsp3) is 0.421. The molecule has 0 bridgehead atoms. The predicted molar refractivity (Wildman–Crippen MR) is 104 cm³/mol. The lowest BCUT2D eigenvalue weighted by atomic mass is 10.1. The van der Waals surface area contributed by atoms with Gasteiger partial charge in [-0.15, -0.1) is 0 Å². The van der Waals surface area contributed by atoms with Crippen molar-refractivity contribution < 1.29 is 9.59 Å². The van der Waals surface area contributed by atoms with E-state index in [1.54, 1.807) is 30.5 Å². The molecule has 8 heteroatoms. The van der Waals surface area contributed by atoms with Gasteiger partial charge in [-0.05, 0) is 32.0 Å². The number of urea groups is 1. The highest BCUT2D eigenvalue weighted by Crippen LogP contribution is 2.23. The molecule has 3 amide bonds. The first-order chi connectivity index (χ1) is 13.0. The highest BCUT2D eigenvalue weighted by Gasteiger charge is 2.31. The van der Waals surface area contributed by atoms with Crippen molar-refractivity contribution in [2.24, 2.45) is 7.05 Å². The van der Waals surface area contributed by atoms with Gasteiger partial charge >= 0.3 is 6.03 Å². The second-order valence-electron chi connectivity index (χ2n) is 6.95. The van der Waals surface area contributed by atoms with Crippen LogP contribution in [0.3, 0.4) is 0 Å². The minimum Gasteiger partial charge on any atom is -0.336 e. The van der Waals surface area contributed by atoms with E-state index in [2.05, 4.69) is 20.9 Å². The molecule has 1 atom stereocenters. The SMILES string of the molecule is CC(C)NC(=O)Nc1cccc(C(=O)N2CCNCC2c2nccn2C)c1. The monoisotopic (exact) mass is 370 g/mol. The van der Waals surface area contributed by atoms with E-state index in [0.29, 0.717) is 24.3 Å². The van der Waals surface area contributed by atoms with E-state index >= 15 is 0 Å². The summed E-state index contributed by atoms with van der Waals surface area (Å²) in [5.41, 5.74) is 1.13. The Labute approximate surface area is 159 Å². The Morgan fingerprint density at radius 1 is 1.33 bits per heavy atom. The lowest BCUT2D eigenvalue weighted by Crippen LogP contribution is -2.49. The molecular formula is C19H26N6O2. The number of hydrogen-bond donors (Lipinski definition) is 3. The van der Waals surface area contributed by atoms with Gasteiger partial charge < -0.3 is 25.4 Å². The van der Waals surface area contributed by atoms with Crippen LogP contribution in [0.5, 0.6) is 0 Å². The molecule has 144 valence electrons. The van der Waals surface area contributed by atoms with E-state index in [0.717, 1.165) is 12.4 Å². The number of amides is 3. The Hall–Kier alpha value is -2.87. The third kappa shape index (κ3) is 4.46. The Bertz CT molecular complexity index is 816. The van der Waals surface area contributed by atoms with Crippen molar-refractivity contribution in [2.75, 3.05) is 25.0 Å². The van der Waals surface area contributed by atoms with Gasteiger partial charge in [0, 0.05) is 56.4 Å². The summed E-state index contributed by atoms with van der Waals surface area (Å²) in [6, 6.07) is 6.63. The summed E-state index contributed by atoms with van der Waals surface area (Å²) in [5, 5.41) is 8.87. The zero-order valence-electron chi connectivity index (χ0n) is 15.9. The number of benzene rings is 1. The molecule has 3 N–H and O–H groups in total. The van der Waals surface area contributed by atoms with Crippen LogP contribution in [-0.4, -0.2) is 52.1 Å². The molecule has 1 aliphatic heterocycles. The van der Waals surface area contributed by atoms with E-state index in [1.807, 2.05) is 36.6 Å². The van der Waals surface area contributed by atoms with Crippen LogP contribution in [0.2, 0.25) is 0 Å². The predicted octanol–water partition coefficient (Wildman–Crippen LogP) is 1.74. The van der Waals surface area contributed by atoms with Gasteiger partial charge in [0.1, 0.15) is 11.9 Å². The quantitative estimate of drug-likeness (QED) is 0.764. The molecule has 8 nitrogen and oxygen atoms in total. The maximum atomic E-state index is 13.2. The molecule has 1 aliphatic rings. The number of piperazine rings is 1. The summed E-state index contributed by atoms with van der Waals surface area (Å²) in [5.74, 6) is 0.776. The molecule has 2 aromatic rings. The molecule has 1 fully saturated rings. The molecule has 2 heterocycles. The number of aromatic nitrogens is 2. The van der Waals surface area contributed by atoms with Crippen LogP contribution in [0.25, 0.3) is 0 Å². The van der Waals surface area contributed by atoms with Gasteiger partial charge in [0.25, 0.3) is 5.91 Å². The van der Waals surface area contributed by atoms with E-state index in [9.17, 15) is 9.59 Å². The van der Waals surface area contributed by atoms with E-state index in [4.69, 9.17) is 0 Å². The van der Waals surface area contributed by atoms with Crippen molar-refractivity contribution in [3.63, 3.8) is 0 Å². The minimum atomic E-state index is -0.289.